The number of nitrogens with one attached hydrogen (secondary N) is 2. The largest absolute Gasteiger partial charge is 0.508 e. The van der Waals surface area contributed by atoms with E-state index >= 15 is 0 Å². The minimum Gasteiger partial charge on any atom is -0.508 e. The fourth-order valence-electron chi connectivity index (χ4n) is 8.59. The maximum atomic E-state index is 14.8. The molecule has 2 amide bonds. The van der Waals surface area contributed by atoms with Crippen molar-refractivity contribution in [1.29, 1.82) is 0 Å². The van der Waals surface area contributed by atoms with Crippen LogP contribution in [0.15, 0.2) is 54.6 Å². The number of hydrogen-bond acceptors (Lipinski definition) is 11. The number of hydrogen-bond donors (Lipinski definition) is 5. The van der Waals surface area contributed by atoms with E-state index in [-0.39, 0.29) is 31.9 Å². The lowest BCUT2D eigenvalue weighted by Crippen LogP contribution is -2.71. The van der Waals surface area contributed by atoms with E-state index in [0.717, 1.165) is 55.2 Å². The zero-order valence-electron chi connectivity index (χ0n) is 32.2. The molecule has 300 valence electrons. The first-order valence-electron chi connectivity index (χ1n) is 19.9. The first-order chi connectivity index (χ1) is 26.6. The molecular formula is C42H57N3O10. The van der Waals surface area contributed by atoms with Gasteiger partial charge in [0.1, 0.15) is 41.6 Å². The minimum atomic E-state index is -1.54. The number of fused-ring (bicyclic) bond motifs is 4. The molecule has 55 heavy (non-hydrogen) atoms. The van der Waals surface area contributed by atoms with Gasteiger partial charge < -0.3 is 40.2 Å². The summed E-state index contributed by atoms with van der Waals surface area (Å²) < 4.78 is 19.9. The monoisotopic (exact) mass is 763 g/mol. The molecule has 3 aliphatic heterocycles. The van der Waals surface area contributed by atoms with Gasteiger partial charge in [-0.2, -0.15) is 5.06 Å². The lowest BCUT2D eigenvalue weighted by molar-refractivity contribution is -0.224. The molecule has 13 heteroatoms. The number of para-hydroxylation sites is 1. The van der Waals surface area contributed by atoms with E-state index in [0.29, 0.717) is 19.3 Å². The van der Waals surface area contributed by atoms with E-state index in [4.69, 9.17) is 19.0 Å². The molecule has 0 radical (unpaired) electrons. The van der Waals surface area contributed by atoms with Crippen molar-refractivity contribution in [2.45, 2.75) is 140 Å². The van der Waals surface area contributed by atoms with Gasteiger partial charge in [0.15, 0.2) is 11.8 Å². The van der Waals surface area contributed by atoms with Crippen LogP contribution in [0.25, 0.3) is 6.08 Å². The van der Waals surface area contributed by atoms with Gasteiger partial charge >= 0.3 is 5.97 Å². The third-order valence-corrected chi connectivity index (χ3v) is 11.4. The Labute approximate surface area is 323 Å². The molecule has 3 heterocycles. The summed E-state index contributed by atoms with van der Waals surface area (Å²) in [5, 5.41) is 36.8. The van der Waals surface area contributed by atoms with Crippen LogP contribution in [0.1, 0.15) is 95.2 Å². The SMILES string of the molecule is CCCCCC1(CCCCC)O[C@@H]2[C@H](O1)[C@H]1ON(Cc3ccc(C=CCc4ccccc4O)cc3)[C@@H]3C(=O)O[C@@H]2C[C@]13C(=O)N[C@@H](C(=O)NCCO)[C@H](C)O. The molecule has 4 aliphatic rings. The van der Waals surface area contributed by atoms with Crippen LogP contribution in [0.5, 0.6) is 5.75 Å². The van der Waals surface area contributed by atoms with E-state index in [1.165, 1.54) is 12.0 Å². The highest BCUT2D eigenvalue weighted by Gasteiger charge is 2.76. The summed E-state index contributed by atoms with van der Waals surface area (Å²) >= 11 is 0. The van der Waals surface area contributed by atoms with E-state index in [1.807, 2.05) is 48.6 Å². The minimum absolute atomic E-state index is 0.0577. The molecule has 2 bridgehead atoms. The molecule has 0 aromatic heterocycles. The van der Waals surface area contributed by atoms with Gasteiger partial charge in [-0.1, -0.05) is 94.1 Å². The molecule has 0 unspecified atom stereocenters. The summed E-state index contributed by atoms with van der Waals surface area (Å²) in [5.41, 5.74) is 1.05. The van der Waals surface area contributed by atoms with Crippen LogP contribution in [-0.4, -0.2) is 99.7 Å². The van der Waals surface area contributed by atoms with Gasteiger partial charge in [0.05, 0.1) is 19.3 Å². The second-order valence-electron chi connectivity index (χ2n) is 15.4. The number of aliphatic hydroxyl groups is 2. The van der Waals surface area contributed by atoms with E-state index in [1.54, 1.807) is 12.1 Å². The van der Waals surface area contributed by atoms with Crippen molar-refractivity contribution in [3.63, 3.8) is 0 Å². The highest BCUT2D eigenvalue weighted by molar-refractivity contribution is 5.96. The summed E-state index contributed by atoms with van der Waals surface area (Å²) in [6, 6.07) is 12.4. The number of amides is 2. The van der Waals surface area contributed by atoms with E-state index < -0.39 is 71.6 Å². The third-order valence-electron chi connectivity index (χ3n) is 11.4. The number of phenolic OH excluding ortho intramolecular Hbond substituents is 1. The Balaban J connectivity index is 1.30. The highest BCUT2D eigenvalue weighted by atomic mass is 16.8. The fourth-order valence-corrected chi connectivity index (χ4v) is 8.59. The molecule has 0 spiro atoms. The Bertz CT molecular complexity index is 1660. The van der Waals surface area contributed by atoms with Crippen molar-refractivity contribution in [1.82, 2.24) is 15.7 Å². The Kier molecular flexibility index (Phi) is 13.3. The lowest BCUT2D eigenvalue weighted by atomic mass is 9.62. The number of carbonyl (C=O) groups is 3. The summed E-state index contributed by atoms with van der Waals surface area (Å²) in [7, 11) is 0. The standard InChI is InChI=1S/C42H57N3O10/c1-4-6-10-21-41(22-11-7-5-2)53-34-32-25-42(40(51)44-33(27(3)47)38(49)43-23-24-46)36(39(50)52-32)45(55-37(42)35(34)54-41)26-29-19-17-28(18-20-29)13-12-15-30-14-8-9-16-31(30)48/h8-9,12-14,16-20,27,32-37,46-48H,4-7,10-11,15,21-26H2,1-3H3,(H,43,49)(H,44,51)/t27-,32+,33+,34-,35-,36+,37+,42+/m0/s1. The summed E-state index contributed by atoms with van der Waals surface area (Å²) in [4.78, 5) is 48.7. The second kappa shape index (κ2) is 18.0. The maximum absolute atomic E-state index is 14.8. The number of nitrogens with zero attached hydrogens (tertiary/aromatic N) is 1. The van der Waals surface area contributed by atoms with Crippen molar-refractivity contribution < 1.29 is 48.8 Å². The number of allylic oxidation sites excluding steroid dienone is 1. The summed E-state index contributed by atoms with van der Waals surface area (Å²) in [6.45, 7) is 5.44. The van der Waals surface area contributed by atoms with Crippen molar-refractivity contribution >= 4 is 23.9 Å². The molecule has 2 aromatic carbocycles. The number of carbonyl (C=O) groups excluding carboxylic acids is 3. The average molecular weight is 764 g/mol. The predicted octanol–water partition coefficient (Wildman–Crippen LogP) is 4.06. The van der Waals surface area contributed by atoms with Gasteiger partial charge in [-0.25, -0.2) is 0 Å². The molecule has 5 N–H and O–H groups in total. The smallest absolute Gasteiger partial charge is 0.327 e. The van der Waals surface area contributed by atoms with Gasteiger partial charge in [-0.15, -0.1) is 0 Å². The average Bonchev–Trinajstić information content (AvgIpc) is 3.72. The van der Waals surface area contributed by atoms with Gasteiger partial charge in [-0.3, -0.25) is 19.2 Å². The number of phenols is 1. The first kappa shape index (κ1) is 40.8. The van der Waals surface area contributed by atoms with Gasteiger partial charge in [0.2, 0.25) is 11.8 Å². The Morgan fingerprint density at radius 2 is 1.69 bits per heavy atom. The fraction of sp³-hybridized carbons (Fsp3) is 0.595. The Morgan fingerprint density at radius 1 is 1.00 bits per heavy atom. The molecule has 4 fully saturated rings. The molecule has 3 saturated heterocycles. The Hall–Kier alpha value is -3.85. The quantitative estimate of drug-likeness (QED) is 0.103. The number of aromatic hydroxyl groups is 1. The van der Waals surface area contributed by atoms with Crippen LogP contribution in [0, 0.1) is 5.41 Å². The second-order valence-corrected chi connectivity index (χ2v) is 15.4. The normalized spacial score (nSPS) is 27.7. The van der Waals surface area contributed by atoms with Crippen molar-refractivity contribution in [3.8, 4) is 5.75 Å². The predicted molar refractivity (Wildman–Crippen MR) is 203 cm³/mol. The van der Waals surface area contributed by atoms with Gasteiger partial charge in [-0.05, 0) is 48.9 Å². The summed E-state index contributed by atoms with van der Waals surface area (Å²) in [5.74, 6) is -2.60. The van der Waals surface area contributed by atoms with Crippen molar-refractivity contribution in [2.24, 2.45) is 5.41 Å². The van der Waals surface area contributed by atoms with Crippen LogP contribution in [0.3, 0.4) is 0 Å². The first-order valence-corrected chi connectivity index (χ1v) is 19.9. The van der Waals surface area contributed by atoms with Crippen LogP contribution in [-0.2, 0) is 46.4 Å². The van der Waals surface area contributed by atoms with Crippen LogP contribution < -0.4 is 10.6 Å². The molecule has 13 nitrogen and oxygen atoms in total. The molecule has 1 aliphatic carbocycles. The number of unbranched alkanes of at least 4 members (excludes halogenated alkanes) is 4. The van der Waals surface area contributed by atoms with Crippen LogP contribution in [0.4, 0.5) is 0 Å². The van der Waals surface area contributed by atoms with Crippen LogP contribution >= 0.6 is 0 Å². The number of esters is 1. The van der Waals surface area contributed by atoms with E-state index in [2.05, 4.69) is 24.5 Å². The van der Waals surface area contributed by atoms with Crippen molar-refractivity contribution in [3.05, 3.63) is 71.3 Å². The zero-order valence-corrected chi connectivity index (χ0v) is 32.2. The maximum Gasteiger partial charge on any atom is 0.327 e. The number of rotatable bonds is 19. The number of hydroxylamine groups is 2. The zero-order chi connectivity index (χ0) is 39.2. The summed E-state index contributed by atoms with van der Waals surface area (Å²) in [6.07, 6.45) is 7.27. The van der Waals surface area contributed by atoms with E-state index in [9.17, 15) is 29.7 Å². The lowest BCUT2D eigenvalue weighted by Gasteiger charge is -2.49. The molecule has 8 atom stereocenters. The van der Waals surface area contributed by atoms with Crippen LogP contribution in [0.2, 0.25) is 0 Å². The number of benzene rings is 2. The van der Waals surface area contributed by atoms with Gasteiger partial charge in [0.25, 0.3) is 0 Å². The molecule has 2 aromatic rings. The highest BCUT2D eigenvalue weighted by Crippen LogP contribution is 2.58. The topological polar surface area (TPSA) is 176 Å². The third kappa shape index (κ3) is 8.62. The Morgan fingerprint density at radius 3 is 2.35 bits per heavy atom. The van der Waals surface area contributed by atoms with Gasteiger partial charge in [0, 0.05) is 25.8 Å². The number of ether oxygens (including phenoxy) is 3. The number of aliphatic hydroxyl groups excluding tert-OH is 2. The molecule has 6 rings (SSSR count). The van der Waals surface area contributed by atoms with Crippen molar-refractivity contribution in [2.75, 3.05) is 13.2 Å². The molecule has 1 saturated carbocycles. The molecular weight excluding hydrogens is 706 g/mol.